The molecule has 2 aromatic rings. The Bertz CT molecular complexity index is 626. The van der Waals surface area contributed by atoms with Crippen molar-refractivity contribution in [2.24, 2.45) is 0 Å². The van der Waals surface area contributed by atoms with Gasteiger partial charge in [-0.1, -0.05) is 41.4 Å². The van der Waals surface area contributed by atoms with Gasteiger partial charge in [-0.05, 0) is 34.9 Å². The van der Waals surface area contributed by atoms with E-state index in [1.165, 1.54) is 16.7 Å². The van der Waals surface area contributed by atoms with Crippen molar-refractivity contribution in [1.82, 2.24) is 4.90 Å². The van der Waals surface area contributed by atoms with Crippen LogP contribution in [0.3, 0.4) is 0 Å². The maximum Gasteiger partial charge on any atom is 0.0595 e. The average molecular weight is 293 g/mol. The summed E-state index contributed by atoms with van der Waals surface area (Å²) in [5.74, 6) is 0. The molecule has 1 heterocycles. The van der Waals surface area contributed by atoms with Gasteiger partial charge < -0.3 is 5.73 Å². The molecule has 2 N–H and O–H groups in total. The van der Waals surface area contributed by atoms with Crippen LogP contribution in [0.1, 0.15) is 16.7 Å². The molecule has 0 unspecified atom stereocenters. The second-order valence-electron chi connectivity index (χ2n) is 4.88. The molecular formula is C15H14Cl2N2. The first-order chi connectivity index (χ1) is 9.13. The number of hydrogen-bond donors (Lipinski definition) is 1. The molecule has 0 atom stereocenters. The standard InChI is InChI=1S/C15H14Cl2N2/c16-13-5-4-10(6-14(13)17)7-19-8-11-2-1-3-15(18)12(11)9-19/h1-6H,7-9,18H2. The number of nitrogen functional groups attached to an aromatic ring is 1. The zero-order valence-electron chi connectivity index (χ0n) is 10.4. The molecule has 2 nitrogen and oxygen atoms in total. The normalized spacial score (nSPS) is 14.6. The van der Waals surface area contributed by atoms with E-state index >= 15 is 0 Å². The summed E-state index contributed by atoms with van der Waals surface area (Å²) < 4.78 is 0. The number of halogens is 2. The molecule has 0 aromatic heterocycles. The van der Waals surface area contributed by atoms with Crippen molar-refractivity contribution >= 4 is 28.9 Å². The Morgan fingerprint density at radius 2 is 1.89 bits per heavy atom. The van der Waals surface area contributed by atoms with Gasteiger partial charge in [0.25, 0.3) is 0 Å². The van der Waals surface area contributed by atoms with Crippen molar-refractivity contribution in [2.75, 3.05) is 5.73 Å². The predicted octanol–water partition coefficient (Wildman–Crippen LogP) is 4.09. The molecule has 98 valence electrons. The van der Waals surface area contributed by atoms with Crippen LogP contribution in [0.2, 0.25) is 10.0 Å². The van der Waals surface area contributed by atoms with Crippen LogP contribution in [0.4, 0.5) is 5.69 Å². The van der Waals surface area contributed by atoms with Crippen LogP contribution in [-0.4, -0.2) is 4.90 Å². The third-order valence-electron chi connectivity index (χ3n) is 3.48. The summed E-state index contributed by atoms with van der Waals surface area (Å²) in [6, 6.07) is 11.9. The highest BCUT2D eigenvalue weighted by Gasteiger charge is 2.20. The number of rotatable bonds is 2. The molecule has 0 saturated carbocycles. The minimum absolute atomic E-state index is 0.597. The summed E-state index contributed by atoms with van der Waals surface area (Å²) in [6.07, 6.45) is 0. The van der Waals surface area contributed by atoms with Gasteiger partial charge in [0.1, 0.15) is 0 Å². The molecule has 0 saturated heterocycles. The lowest BCUT2D eigenvalue weighted by Crippen LogP contribution is -2.15. The van der Waals surface area contributed by atoms with Gasteiger partial charge in [0.2, 0.25) is 0 Å². The first-order valence-electron chi connectivity index (χ1n) is 6.16. The Morgan fingerprint density at radius 1 is 1.05 bits per heavy atom. The predicted molar refractivity (Wildman–Crippen MR) is 80.3 cm³/mol. The molecule has 2 aromatic carbocycles. The number of benzene rings is 2. The number of nitrogens with two attached hydrogens (primary N) is 1. The Labute approximate surface area is 122 Å². The van der Waals surface area contributed by atoms with Gasteiger partial charge in [0, 0.05) is 25.3 Å². The Morgan fingerprint density at radius 3 is 2.63 bits per heavy atom. The minimum Gasteiger partial charge on any atom is -0.398 e. The van der Waals surface area contributed by atoms with Crippen LogP contribution in [0, 0.1) is 0 Å². The van der Waals surface area contributed by atoms with Crippen molar-refractivity contribution < 1.29 is 0 Å². The smallest absolute Gasteiger partial charge is 0.0595 e. The lowest BCUT2D eigenvalue weighted by molar-refractivity contribution is 0.276. The molecule has 3 rings (SSSR count). The molecule has 0 amide bonds. The van der Waals surface area contributed by atoms with E-state index in [1.54, 1.807) is 0 Å². The van der Waals surface area contributed by atoms with Crippen LogP contribution >= 0.6 is 23.2 Å². The maximum atomic E-state index is 6.04. The second-order valence-corrected chi connectivity index (χ2v) is 5.69. The largest absolute Gasteiger partial charge is 0.398 e. The third kappa shape index (κ3) is 2.57. The summed E-state index contributed by atoms with van der Waals surface area (Å²) >= 11 is 12.0. The first-order valence-corrected chi connectivity index (χ1v) is 6.91. The van der Waals surface area contributed by atoms with Gasteiger partial charge in [-0.3, -0.25) is 4.90 Å². The molecule has 0 bridgehead atoms. The van der Waals surface area contributed by atoms with Crippen LogP contribution in [-0.2, 0) is 19.6 Å². The van der Waals surface area contributed by atoms with Crippen LogP contribution in [0.5, 0.6) is 0 Å². The highest BCUT2D eigenvalue weighted by atomic mass is 35.5. The van der Waals surface area contributed by atoms with Crippen molar-refractivity contribution in [3.63, 3.8) is 0 Å². The molecule has 0 spiro atoms. The quantitative estimate of drug-likeness (QED) is 0.845. The van der Waals surface area contributed by atoms with Gasteiger partial charge >= 0.3 is 0 Å². The van der Waals surface area contributed by atoms with Crippen LogP contribution < -0.4 is 5.73 Å². The number of fused-ring (bicyclic) bond motifs is 1. The third-order valence-corrected chi connectivity index (χ3v) is 4.21. The van der Waals surface area contributed by atoms with E-state index in [1.807, 2.05) is 30.3 Å². The summed E-state index contributed by atoms with van der Waals surface area (Å²) in [6.45, 7) is 2.67. The topological polar surface area (TPSA) is 29.3 Å². The summed E-state index contributed by atoms with van der Waals surface area (Å²) in [5, 5.41) is 1.20. The second kappa shape index (κ2) is 5.04. The summed E-state index contributed by atoms with van der Waals surface area (Å²) in [5.41, 5.74) is 10.6. The van der Waals surface area contributed by atoms with Crippen molar-refractivity contribution in [1.29, 1.82) is 0 Å². The zero-order valence-corrected chi connectivity index (χ0v) is 11.9. The van der Waals surface area contributed by atoms with Crippen LogP contribution in [0.15, 0.2) is 36.4 Å². The van der Waals surface area contributed by atoms with E-state index < -0.39 is 0 Å². The number of nitrogens with zero attached hydrogens (tertiary/aromatic N) is 1. The lowest BCUT2D eigenvalue weighted by atomic mass is 10.1. The van der Waals surface area contributed by atoms with Gasteiger partial charge in [0.15, 0.2) is 0 Å². The van der Waals surface area contributed by atoms with E-state index in [9.17, 15) is 0 Å². The number of anilines is 1. The monoisotopic (exact) mass is 292 g/mol. The van der Waals surface area contributed by atoms with Crippen molar-refractivity contribution in [3.05, 3.63) is 63.1 Å². The lowest BCUT2D eigenvalue weighted by Gasteiger charge is -2.15. The first kappa shape index (κ1) is 12.8. The van der Waals surface area contributed by atoms with E-state index in [-0.39, 0.29) is 0 Å². The Hall–Kier alpha value is -1.22. The molecule has 1 aliphatic heterocycles. The van der Waals surface area contributed by atoms with E-state index in [0.717, 1.165) is 25.3 Å². The fraction of sp³-hybridized carbons (Fsp3) is 0.200. The molecule has 0 fully saturated rings. The van der Waals surface area contributed by atoms with Crippen molar-refractivity contribution in [3.8, 4) is 0 Å². The molecule has 0 radical (unpaired) electrons. The molecule has 4 heteroatoms. The van der Waals surface area contributed by atoms with Gasteiger partial charge in [0.05, 0.1) is 10.0 Å². The van der Waals surface area contributed by atoms with Gasteiger partial charge in [-0.2, -0.15) is 0 Å². The summed E-state index contributed by atoms with van der Waals surface area (Å²) in [7, 11) is 0. The highest BCUT2D eigenvalue weighted by Crippen LogP contribution is 2.29. The van der Waals surface area contributed by atoms with Gasteiger partial charge in [-0.25, -0.2) is 0 Å². The van der Waals surface area contributed by atoms with E-state index in [0.29, 0.717) is 10.0 Å². The fourth-order valence-electron chi connectivity index (χ4n) is 2.52. The fourth-order valence-corrected chi connectivity index (χ4v) is 2.84. The number of hydrogen-bond acceptors (Lipinski definition) is 2. The van der Waals surface area contributed by atoms with E-state index in [4.69, 9.17) is 28.9 Å². The SMILES string of the molecule is Nc1cccc2c1CN(Cc1ccc(Cl)c(Cl)c1)C2. The maximum absolute atomic E-state index is 6.04. The van der Waals surface area contributed by atoms with E-state index in [2.05, 4.69) is 11.0 Å². The average Bonchev–Trinajstić information content (AvgIpc) is 2.78. The molecular weight excluding hydrogens is 279 g/mol. The minimum atomic E-state index is 0.597. The molecule has 19 heavy (non-hydrogen) atoms. The Balaban J connectivity index is 1.77. The zero-order chi connectivity index (χ0) is 13.4. The van der Waals surface area contributed by atoms with Gasteiger partial charge in [-0.15, -0.1) is 0 Å². The molecule has 1 aliphatic rings. The van der Waals surface area contributed by atoms with Crippen molar-refractivity contribution in [2.45, 2.75) is 19.6 Å². The van der Waals surface area contributed by atoms with Crippen LogP contribution in [0.25, 0.3) is 0 Å². The molecule has 0 aliphatic carbocycles. The Kier molecular flexibility index (Phi) is 3.40. The summed E-state index contributed by atoms with van der Waals surface area (Å²) in [4.78, 5) is 2.35. The highest BCUT2D eigenvalue weighted by molar-refractivity contribution is 6.42.